The fourth-order valence-corrected chi connectivity index (χ4v) is 7.40. The second kappa shape index (κ2) is 20.5. The molecule has 0 atom stereocenters. The van der Waals surface area contributed by atoms with Crippen LogP contribution in [0, 0.1) is 0 Å². The van der Waals surface area contributed by atoms with E-state index in [0.29, 0.717) is 0 Å². The van der Waals surface area contributed by atoms with E-state index in [2.05, 4.69) is 114 Å². The summed E-state index contributed by atoms with van der Waals surface area (Å²) in [5.41, 5.74) is 8.02. The fraction of sp³-hybridized carbons (Fsp3) is 0.318. The Morgan fingerprint density at radius 3 is 0.778 bits per heavy atom. The van der Waals surface area contributed by atoms with Crippen LogP contribution in [0.4, 0.5) is 0 Å². The normalized spacial score (nSPS) is 11.9. The van der Waals surface area contributed by atoms with Gasteiger partial charge in [0.05, 0.1) is 49.1 Å². The topological polar surface area (TPSA) is 114 Å². The third-order valence-corrected chi connectivity index (χ3v) is 12.3. The Morgan fingerprint density at radius 1 is 0.370 bits per heavy atom. The number of benzene rings is 5. The standard InChI is InChI=1S/C32H46N2.2C6H6O3S/c1-7-33(8-2,9-3)25-27-13-17-29(18-14-27)31-21-23-32(24-22-31)30-19-15-28(16-20-30)26-34(10-4,11-5)12-6;2*7-10(8,9)6-4-2-1-3-5-6/h13-24H,7-12,25-26H2,1-6H3;2*1-5H,(H,7,8,9)/q+2;;/p-2. The van der Waals surface area contributed by atoms with Crippen molar-refractivity contribution in [2.75, 3.05) is 39.3 Å². The zero-order valence-electron chi connectivity index (χ0n) is 32.5. The maximum Gasteiger partial charge on any atom is 0.124 e. The number of nitrogens with zero attached hydrogens (tertiary/aromatic N) is 2. The monoisotopic (exact) mass is 772 g/mol. The maximum absolute atomic E-state index is 10.3. The molecule has 8 nitrogen and oxygen atoms in total. The summed E-state index contributed by atoms with van der Waals surface area (Å²) in [4.78, 5) is -0.370. The molecule has 5 aromatic rings. The average Bonchev–Trinajstić information content (AvgIpc) is 3.20. The van der Waals surface area contributed by atoms with E-state index in [-0.39, 0.29) is 9.79 Å². The van der Waals surface area contributed by atoms with Crippen LogP contribution in [0.3, 0.4) is 0 Å². The molecule has 0 N–H and O–H groups in total. The number of hydrogen-bond acceptors (Lipinski definition) is 6. The van der Waals surface area contributed by atoms with Crippen molar-refractivity contribution in [3.63, 3.8) is 0 Å². The van der Waals surface area contributed by atoms with Gasteiger partial charge in [-0.05, 0) is 88.1 Å². The first-order valence-corrected chi connectivity index (χ1v) is 21.5. The molecule has 0 unspecified atom stereocenters. The molecule has 0 saturated carbocycles. The molecule has 0 spiro atoms. The van der Waals surface area contributed by atoms with Crippen molar-refractivity contribution in [2.24, 2.45) is 0 Å². The summed E-state index contributed by atoms with van der Waals surface area (Å²) in [6, 6.07) is 41.8. The molecule has 290 valence electrons. The smallest absolute Gasteiger partial charge is 0.124 e. The average molecular weight is 773 g/mol. The summed E-state index contributed by atoms with van der Waals surface area (Å²) in [5.74, 6) is 0. The molecule has 5 rings (SSSR count). The first-order chi connectivity index (χ1) is 25.7. The minimum Gasteiger partial charge on any atom is -0.744 e. The van der Waals surface area contributed by atoms with Crippen LogP contribution in [0.1, 0.15) is 52.7 Å². The SMILES string of the molecule is CC[N+](CC)(CC)Cc1ccc(-c2ccc(-c3ccc(C[N+](CC)(CC)CC)cc3)cc2)cc1.O=S(=O)([O-])c1ccccc1.O=S(=O)([O-])c1ccccc1. The highest BCUT2D eigenvalue weighted by atomic mass is 32.2. The number of rotatable bonds is 14. The predicted octanol–water partition coefficient (Wildman–Crippen LogP) is 8.96. The van der Waals surface area contributed by atoms with Gasteiger partial charge in [-0.25, -0.2) is 16.8 Å². The Labute approximate surface area is 324 Å². The first kappa shape index (κ1) is 44.2. The summed E-state index contributed by atoms with van der Waals surface area (Å²) >= 11 is 0. The van der Waals surface area contributed by atoms with Gasteiger partial charge in [-0.3, -0.25) is 0 Å². The van der Waals surface area contributed by atoms with Crippen molar-refractivity contribution in [1.29, 1.82) is 0 Å². The van der Waals surface area contributed by atoms with E-state index in [0.717, 1.165) is 22.1 Å². The summed E-state index contributed by atoms with van der Waals surface area (Å²) in [6.07, 6.45) is 0. The minimum absolute atomic E-state index is 0.185. The molecule has 0 aromatic heterocycles. The van der Waals surface area contributed by atoms with Crippen LogP contribution in [0.25, 0.3) is 22.3 Å². The van der Waals surface area contributed by atoms with Gasteiger partial charge in [-0.15, -0.1) is 0 Å². The van der Waals surface area contributed by atoms with Gasteiger partial charge in [0.25, 0.3) is 0 Å². The largest absolute Gasteiger partial charge is 0.744 e. The second-order valence-corrected chi connectivity index (χ2v) is 16.2. The van der Waals surface area contributed by atoms with E-state index < -0.39 is 20.2 Å². The van der Waals surface area contributed by atoms with Gasteiger partial charge in [0, 0.05) is 11.1 Å². The van der Waals surface area contributed by atoms with Gasteiger partial charge >= 0.3 is 0 Å². The van der Waals surface area contributed by atoms with Crippen molar-refractivity contribution in [3.8, 4) is 22.3 Å². The lowest BCUT2D eigenvalue weighted by molar-refractivity contribution is -0.936. The highest BCUT2D eigenvalue weighted by Gasteiger charge is 2.22. The molecular weight excluding hydrogens is 717 g/mol. The predicted molar refractivity (Wildman–Crippen MR) is 217 cm³/mol. The zero-order valence-corrected chi connectivity index (χ0v) is 34.2. The molecule has 0 heterocycles. The summed E-state index contributed by atoms with van der Waals surface area (Å²) in [6.45, 7) is 23.2. The van der Waals surface area contributed by atoms with Crippen molar-refractivity contribution in [1.82, 2.24) is 0 Å². The maximum atomic E-state index is 10.3. The zero-order chi connectivity index (χ0) is 39.8. The van der Waals surface area contributed by atoms with Gasteiger partial charge in [-0.1, -0.05) is 109 Å². The lowest BCUT2D eigenvalue weighted by atomic mass is 9.98. The molecule has 0 radical (unpaired) electrons. The minimum atomic E-state index is -4.25. The van der Waals surface area contributed by atoms with Gasteiger partial charge < -0.3 is 18.1 Å². The second-order valence-electron chi connectivity index (χ2n) is 13.4. The summed E-state index contributed by atoms with van der Waals surface area (Å²) < 4.78 is 64.0. The molecule has 54 heavy (non-hydrogen) atoms. The van der Waals surface area contributed by atoms with E-state index >= 15 is 0 Å². The lowest BCUT2D eigenvalue weighted by Crippen LogP contribution is -2.46. The van der Waals surface area contributed by atoms with Crippen LogP contribution >= 0.6 is 0 Å². The quantitative estimate of drug-likeness (QED) is 0.0823. The summed E-state index contributed by atoms with van der Waals surface area (Å²) in [5, 5.41) is 0. The molecule has 0 aliphatic heterocycles. The van der Waals surface area contributed by atoms with E-state index in [4.69, 9.17) is 0 Å². The molecule has 0 saturated heterocycles. The van der Waals surface area contributed by atoms with Crippen LogP contribution in [0.15, 0.2) is 143 Å². The highest BCUT2D eigenvalue weighted by molar-refractivity contribution is 7.86. The molecule has 0 aliphatic rings. The first-order valence-electron chi connectivity index (χ1n) is 18.7. The number of hydrogen-bond donors (Lipinski definition) is 0. The summed E-state index contributed by atoms with van der Waals surface area (Å²) in [7, 11) is -8.51. The number of quaternary nitrogens is 2. The van der Waals surface area contributed by atoms with Crippen LogP contribution < -0.4 is 0 Å². The van der Waals surface area contributed by atoms with E-state index in [1.807, 2.05) is 0 Å². The Hall–Kier alpha value is -4.16. The third kappa shape index (κ3) is 13.0. The van der Waals surface area contributed by atoms with E-state index in [1.54, 1.807) is 12.1 Å². The molecule has 10 heteroatoms. The third-order valence-electron chi connectivity index (χ3n) is 10.6. The van der Waals surface area contributed by atoms with Gasteiger partial charge in [0.15, 0.2) is 0 Å². The van der Waals surface area contributed by atoms with Crippen molar-refractivity contribution in [3.05, 3.63) is 145 Å². The fourth-order valence-electron chi connectivity index (χ4n) is 6.42. The molecule has 5 aromatic carbocycles. The van der Waals surface area contributed by atoms with Gasteiger partial charge in [0.1, 0.15) is 33.3 Å². The molecule has 0 aliphatic carbocycles. The van der Waals surface area contributed by atoms with Crippen LogP contribution in [-0.4, -0.2) is 74.2 Å². The Kier molecular flexibility index (Phi) is 16.8. The van der Waals surface area contributed by atoms with Crippen molar-refractivity contribution < 1.29 is 34.9 Å². The lowest BCUT2D eigenvalue weighted by Gasteiger charge is -2.36. The van der Waals surface area contributed by atoms with Crippen LogP contribution in [0.2, 0.25) is 0 Å². The highest BCUT2D eigenvalue weighted by Crippen LogP contribution is 2.27. The van der Waals surface area contributed by atoms with Crippen LogP contribution in [-0.2, 0) is 33.3 Å². The molecule has 0 fully saturated rings. The molecular formula is C44H56N2O6S2. The Balaban J connectivity index is 0.000000316. The molecule has 0 amide bonds. The van der Waals surface area contributed by atoms with Crippen LogP contribution in [0.5, 0.6) is 0 Å². The van der Waals surface area contributed by atoms with Crippen molar-refractivity contribution in [2.45, 2.75) is 64.4 Å². The van der Waals surface area contributed by atoms with Crippen molar-refractivity contribution >= 4 is 20.2 Å². The van der Waals surface area contributed by atoms with Gasteiger partial charge in [0.2, 0.25) is 0 Å². The van der Waals surface area contributed by atoms with E-state index in [9.17, 15) is 25.9 Å². The molecule has 0 bridgehead atoms. The van der Waals surface area contributed by atoms with Gasteiger partial charge in [-0.2, -0.15) is 0 Å². The Bertz CT molecular complexity index is 1880. The van der Waals surface area contributed by atoms with E-state index in [1.165, 1.54) is 121 Å². The Morgan fingerprint density at radius 2 is 0.593 bits per heavy atom.